The first-order chi connectivity index (χ1) is 10.3. The molecule has 1 aromatic heterocycles. The molecule has 1 N–H and O–H groups in total. The third-order valence-corrected chi connectivity index (χ3v) is 5.02. The number of nitrogens with zero attached hydrogens (tertiary/aromatic N) is 1. The summed E-state index contributed by atoms with van der Waals surface area (Å²) in [5.74, 6) is 1.27. The van der Waals surface area contributed by atoms with Crippen LogP contribution in [0.15, 0.2) is 36.5 Å². The fourth-order valence-corrected chi connectivity index (χ4v) is 3.82. The molecule has 112 valence electrons. The first kappa shape index (κ1) is 14.5. The average Bonchev–Trinajstić information content (AvgIpc) is 2.55. The van der Waals surface area contributed by atoms with Crippen LogP contribution < -0.4 is 0 Å². The summed E-state index contributed by atoms with van der Waals surface area (Å²) < 4.78 is 0. The second kappa shape index (κ2) is 6.57. The van der Waals surface area contributed by atoms with Gasteiger partial charge in [-0.3, -0.25) is 4.98 Å². The van der Waals surface area contributed by atoms with E-state index in [0.717, 1.165) is 35.2 Å². The number of pyridine rings is 1. The van der Waals surface area contributed by atoms with Crippen molar-refractivity contribution < 1.29 is 5.11 Å². The minimum absolute atomic E-state index is 0.369. The van der Waals surface area contributed by atoms with E-state index < -0.39 is 0 Å². The van der Waals surface area contributed by atoms with Crippen molar-refractivity contribution in [1.29, 1.82) is 0 Å². The Hall–Kier alpha value is -1.41. The van der Waals surface area contributed by atoms with Gasteiger partial charge in [0.05, 0.1) is 11.6 Å². The van der Waals surface area contributed by atoms with E-state index in [1.54, 1.807) is 0 Å². The Morgan fingerprint density at radius 3 is 2.67 bits per heavy atom. The van der Waals surface area contributed by atoms with Crippen LogP contribution in [0.25, 0.3) is 10.9 Å². The zero-order valence-electron chi connectivity index (χ0n) is 12.8. The molecular weight excluding hydrogens is 258 g/mol. The molecule has 1 fully saturated rings. The van der Waals surface area contributed by atoms with E-state index in [2.05, 4.69) is 24.0 Å². The minimum atomic E-state index is -0.369. The van der Waals surface area contributed by atoms with Crippen molar-refractivity contribution in [3.05, 3.63) is 42.1 Å². The summed E-state index contributed by atoms with van der Waals surface area (Å²) in [7, 11) is 0. The Morgan fingerprint density at radius 2 is 1.90 bits per heavy atom. The monoisotopic (exact) mass is 283 g/mol. The quantitative estimate of drug-likeness (QED) is 0.868. The van der Waals surface area contributed by atoms with Crippen molar-refractivity contribution in [3.8, 4) is 0 Å². The predicted molar refractivity (Wildman–Crippen MR) is 87.1 cm³/mol. The van der Waals surface area contributed by atoms with Crippen LogP contribution in [-0.4, -0.2) is 10.1 Å². The summed E-state index contributed by atoms with van der Waals surface area (Å²) in [6, 6.07) is 10.2. The molecule has 1 atom stereocenters. The van der Waals surface area contributed by atoms with Crippen LogP contribution in [0, 0.1) is 11.8 Å². The maximum absolute atomic E-state index is 10.8. The second-order valence-electron chi connectivity index (χ2n) is 6.44. The van der Waals surface area contributed by atoms with Crippen LogP contribution in [0.5, 0.6) is 0 Å². The molecule has 0 saturated heterocycles. The summed E-state index contributed by atoms with van der Waals surface area (Å²) in [5.41, 5.74) is 1.97. The number of hydrogen-bond donors (Lipinski definition) is 1. The lowest BCUT2D eigenvalue weighted by Gasteiger charge is -2.31. The lowest BCUT2D eigenvalue weighted by atomic mass is 9.76. The van der Waals surface area contributed by atoms with Gasteiger partial charge in [0.25, 0.3) is 0 Å². The topological polar surface area (TPSA) is 33.1 Å². The van der Waals surface area contributed by atoms with Gasteiger partial charge in [-0.25, -0.2) is 0 Å². The van der Waals surface area contributed by atoms with Crippen LogP contribution in [0.2, 0.25) is 0 Å². The van der Waals surface area contributed by atoms with Gasteiger partial charge in [-0.1, -0.05) is 56.9 Å². The van der Waals surface area contributed by atoms with E-state index in [9.17, 15) is 5.11 Å². The number of rotatable bonds is 4. The highest BCUT2D eigenvalue weighted by molar-refractivity contribution is 5.81. The molecule has 0 aliphatic heterocycles. The zero-order valence-corrected chi connectivity index (χ0v) is 12.8. The van der Waals surface area contributed by atoms with E-state index in [-0.39, 0.29) is 6.10 Å². The molecule has 1 saturated carbocycles. The summed E-state index contributed by atoms with van der Waals surface area (Å²) in [5, 5.41) is 11.9. The highest BCUT2D eigenvalue weighted by Crippen LogP contribution is 2.39. The molecule has 21 heavy (non-hydrogen) atoms. The first-order valence-corrected chi connectivity index (χ1v) is 8.31. The molecule has 0 bridgehead atoms. The molecule has 0 amide bonds. The highest BCUT2D eigenvalue weighted by atomic mass is 16.3. The van der Waals surface area contributed by atoms with Crippen molar-refractivity contribution in [2.45, 2.75) is 51.6 Å². The van der Waals surface area contributed by atoms with Crippen molar-refractivity contribution in [2.24, 2.45) is 11.8 Å². The molecular formula is C19H25NO. The van der Waals surface area contributed by atoms with Gasteiger partial charge in [0.15, 0.2) is 0 Å². The lowest BCUT2D eigenvalue weighted by Crippen LogP contribution is -2.20. The number of hydrogen-bond acceptors (Lipinski definition) is 2. The maximum atomic E-state index is 10.8. The van der Waals surface area contributed by atoms with Gasteiger partial charge < -0.3 is 5.11 Å². The van der Waals surface area contributed by atoms with E-state index in [0.29, 0.717) is 5.92 Å². The van der Waals surface area contributed by atoms with E-state index in [1.807, 2.05) is 24.4 Å². The fraction of sp³-hybridized carbons (Fsp3) is 0.526. The van der Waals surface area contributed by atoms with Crippen molar-refractivity contribution in [3.63, 3.8) is 0 Å². The van der Waals surface area contributed by atoms with Gasteiger partial charge in [-0.15, -0.1) is 0 Å². The molecule has 1 unspecified atom stereocenters. The third kappa shape index (κ3) is 3.11. The summed E-state index contributed by atoms with van der Waals surface area (Å²) >= 11 is 0. The summed E-state index contributed by atoms with van der Waals surface area (Å²) in [4.78, 5) is 4.48. The third-order valence-electron chi connectivity index (χ3n) is 5.02. The van der Waals surface area contributed by atoms with Crippen LogP contribution in [0.3, 0.4) is 0 Å². The molecule has 0 spiro atoms. The van der Waals surface area contributed by atoms with Gasteiger partial charge >= 0.3 is 0 Å². The van der Waals surface area contributed by atoms with Crippen LogP contribution >= 0.6 is 0 Å². The first-order valence-electron chi connectivity index (χ1n) is 8.31. The van der Waals surface area contributed by atoms with Gasteiger partial charge in [0.1, 0.15) is 0 Å². The molecule has 1 aliphatic carbocycles. The van der Waals surface area contributed by atoms with Crippen molar-refractivity contribution in [1.82, 2.24) is 4.98 Å². The van der Waals surface area contributed by atoms with Crippen molar-refractivity contribution in [2.75, 3.05) is 0 Å². The number of aliphatic hydroxyl groups is 1. The van der Waals surface area contributed by atoms with Crippen molar-refractivity contribution >= 4 is 10.9 Å². The zero-order chi connectivity index (χ0) is 14.7. The minimum Gasteiger partial charge on any atom is -0.388 e. The largest absolute Gasteiger partial charge is 0.388 e. The van der Waals surface area contributed by atoms with Gasteiger partial charge in [0, 0.05) is 17.1 Å². The van der Waals surface area contributed by atoms with E-state index in [4.69, 9.17) is 0 Å². The van der Waals surface area contributed by atoms with Crippen LogP contribution in [-0.2, 0) is 0 Å². The normalized spacial score (nSPS) is 24.1. The molecule has 1 aliphatic rings. The number of aromatic nitrogens is 1. The Labute approximate surface area is 127 Å². The number of para-hydroxylation sites is 1. The summed E-state index contributed by atoms with van der Waals surface area (Å²) in [6.45, 7) is 2.27. The van der Waals surface area contributed by atoms with Crippen LogP contribution in [0.1, 0.15) is 57.1 Å². The smallest absolute Gasteiger partial charge is 0.0839 e. The van der Waals surface area contributed by atoms with Gasteiger partial charge in [-0.05, 0) is 30.7 Å². The number of fused-ring (bicyclic) bond motifs is 1. The number of aliphatic hydroxyl groups excluding tert-OH is 1. The standard InChI is InChI=1S/C19H25NO/c1-2-5-14-9-11-16(12-10-14)19(21)17-8-3-6-15-7-4-13-20-18(15)17/h3-4,6-8,13-14,16,19,21H,2,5,9-12H2,1H3. The Bertz CT molecular complexity index is 582. The summed E-state index contributed by atoms with van der Waals surface area (Å²) in [6.07, 6.45) is 8.91. The van der Waals surface area contributed by atoms with Crippen LogP contribution in [0.4, 0.5) is 0 Å². The SMILES string of the molecule is CCCC1CCC(C(O)c2cccc3cccnc23)CC1. The average molecular weight is 283 g/mol. The molecule has 1 heterocycles. The highest BCUT2D eigenvalue weighted by Gasteiger charge is 2.28. The van der Waals surface area contributed by atoms with E-state index in [1.165, 1.54) is 25.7 Å². The molecule has 0 radical (unpaired) electrons. The fourth-order valence-electron chi connectivity index (χ4n) is 3.82. The molecule has 1 aromatic carbocycles. The molecule has 3 rings (SSSR count). The van der Waals surface area contributed by atoms with E-state index >= 15 is 0 Å². The Morgan fingerprint density at radius 1 is 1.14 bits per heavy atom. The predicted octanol–water partition coefficient (Wildman–Crippen LogP) is 4.87. The molecule has 2 nitrogen and oxygen atoms in total. The molecule has 2 aromatic rings. The number of benzene rings is 1. The second-order valence-corrected chi connectivity index (χ2v) is 6.44. The van der Waals surface area contributed by atoms with Gasteiger partial charge in [0.2, 0.25) is 0 Å². The Kier molecular flexibility index (Phi) is 4.54. The lowest BCUT2D eigenvalue weighted by molar-refractivity contribution is 0.0732. The molecule has 2 heteroatoms. The maximum Gasteiger partial charge on any atom is 0.0839 e. The Balaban J connectivity index is 1.77. The van der Waals surface area contributed by atoms with Gasteiger partial charge in [-0.2, -0.15) is 0 Å².